The third-order valence-corrected chi connectivity index (χ3v) is 4.26. The molecule has 5 rings (SSSR count). The largest absolute Gasteiger partial charge is 0.424 e. The molecule has 0 radical (unpaired) electrons. The van der Waals surface area contributed by atoms with Gasteiger partial charge in [-0.3, -0.25) is 0 Å². The van der Waals surface area contributed by atoms with Gasteiger partial charge in [0.05, 0.1) is 0 Å². The lowest BCUT2D eigenvalue weighted by atomic mass is 9.84. The normalized spacial score (nSPS) is 30.8. The molecule has 3 aliphatic heterocycles. The smallest absolute Gasteiger partial charge is 0.295 e. The number of oxazole rings is 1. The fraction of sp³-hybridized carbons (Fsp3) is 0.500. The number of nitrogens with zero attached hydrogens (tertiary/aromatic N) is 2. The predicted octanol–water partition coefficient (Wildman–Crippen LogP) is 2.33. The summed E-state index contributed by atoms with van der Waals surface area (Å²) < 4.78 is 5.74. The van der Waals surface area contributed by atoms with Crippen LogP contribution in [0.1, 0.15) is 12.8 Å². The lowest BCUT2D eigenvalue weighted by Gasteiger charge is -2.44. The highest BCUT2D eigenvalue weighted by Crippen LogP contribution is 2.30. The van der Waals surface area contributed by atoms with E-state index in [1.165, 1.54) is 25.9 Å². The van der Waals surface area contributed by atoms with Crippen molar-refractivity contribution in [1.29, 1.82) is 0 Å². The minimum atomic E-state index is 0.501. The van der Waals surface area contributed by atoms with Gasteiger partial charge >= 0.3 is 0 Å². The van der Waals surface area contributed by atoms with E-state index >= 15 is 0 Å². The first-order valence-electron chi connectivity index (χ1n) is 6.73. The van der Waals surface area contributed by atoms with Crippen LogP contribution in [0.25, 0.3) is 11.1 Å². The van der Waals surface area contributed by atoms with Gasteiger partial charge in [0.15, 0.2) is 5.58 Å². The summed E-state index contributed by atoms with van der Waals surface area (Å²) in [6.07, 6.45) is 2.61. The first kappa shape index (κ1) is 10.4. The molecular weight excluding hydrogens is 226 g/mol. The molecule has 0 amide bonds. The molecule has 4 heteroatoms. The number of rotatable bonds is 2. The van der Waals surface area contributed by atoms with E-state index in [0.29, 0.717) is 12.1 Å². The lowest BCUT2D eigenvalue weighted by Crippen LogP contribution is -2.53. The van der Waals surface area contributed by atoms with Gasteiger partial charge in [0, 0.05) is 12.6 Å². The predicted molar refractivity (Wildman–Crippen MR) is 70.6 cm³/mol. The minimum Gasteiger partial charge on any atom is -0.424 e. The number of para-hydroxylation sites is 2. The molecule has 1 aromatic carbocycles. The minimum absolute atomic E-state index is 0.501. The van der Waals surface area contributed by atoms with Crippen molar-refractivity contribution in [2.45, 2.75) is 18.9 Å². The number of anilines is 1. The van der Waals surface area contributed by atoms with E-state index in [-0.39, 0.29) is 0 Å². The molecule has 3 aliphatic rings. The molecule has 94 valence electrons. The van der Waals surface area contributed by atoms with Crippen LogP contribution in [-0.2, 0) is 0 Å². The van der Waals surface area contributed by atoms with Gasteiger partial charge in [-0.25, -0.2) is 0 Å². The average molecular weight is 243 g/mol. The van der Waals surface area contributed by atoms with Crippen molar-refractivity contribution >= 4 is 17.1 Å². The van der Waals surface area contributed by atoms with Gasteiger partial charge in [-0.1, -0.05) is 12.1 Å². The lowest BCUT2D eigenvalue weighted by molar-refractivity contribution is 0.0965. The Morgan fingerprint density at radius 2 is 2.06 bits per heavy atom. The second kappa shape index (κ2) is 3.99. The van der Waals surface area contributed by atoms with Gasteiger partial charge in [0.25, 0.3) is 6.01 Å². The van der Waals surface area contributed by atoms with Crippen molar-refractivity contribution < 1.29 is 4.42 Å². The molecule has 1 aromatic heterocycles. The van der Waals surface area contributed by atoms with Gasteiger partial charge < -0.3 is 14.6 Å². The summed E-state index contributed by atoms with van der Waals surface area (Å²) in [6.45, 7) is 3.65. The quantitative estimate of drug-likeness (QED) is 0.879. The summed E-state index contributed by atoms with van der Waals surface area (Å²) in [4.78, 5) is 7.02. The van der Waals surface area contributed by atoms with Gasteiger partial charge in [-0.05, 0) is 44.0 Å². The molecule has 4 heterocycles. The topological polar surface area (TPSA) is 41.3 Å². The monoisotopic (exact) mass is 243 g/mol. The van der Waals surface area contributed by atoms with Crippen LogP contribution in [0.15, 0.2) is 28.7 Å². The maximum absolute atomic E-state index is 5.74. The van der Waals surface area contributed by atoms with E-state index in [1.807, 2.05) is 24.3 Å². The van der Waals surface area contributed by atoms with Crippen LogP contribution in [0.3, 0.4) is 0 Å². The third kappa shape index (κ3) is 1.68. The van der Waals surface area contributed by atoms with E-state index in [0.717, 1.165) is 23.6 Å². The van der Waals surface area contributed by atoms with Crippen molar-refractivity contribution in [2.75, 3.05) is 25.0 Å². The number of hydrogen-bond acceptors (Lipinski definition) is 4. The van der Waals surface area contributed by atoms with Gasteiger partial charge in [0.1, 0.15) is 5.52 Å². The van der Waals surface area contributed by atoms with Gasteiger partial charge in [0.2, 0.25) is 0 Å². The molecule has 4 nitrogen and oxygen atoms in total. The summed E-state index contributed by atoms with van der Waals surface area (Å²) in [5.74, 6) is 0.782. The van der Waals surface area contributed by atoms with Crippen molar-refractivity contribution in [1.82, 2.24) is 9.88 Å². The number of piperidine rings is 3. The maximum atomic E-state index is 5.74. The molecule has 2 aromatic rings. The molecule has 1 unspecified atom stereocenters. The second-order valence-corrected chi connectivity index (χ2v) is 5.38. The molecule has 2 bridgehead atoms. The van der Waals surface area contributed by atoms with Crippen molar-refractivity contribution in [3.05, 3.63) is 24.3 Å². The molecule has 1 atom stereocenters. The molecule has 0 aliphatic carbocycles. The number of hydrogen-bond donors (Lipinski definition) is 1. The maximum Gasteiger partial charge on any atom is 0.295 e. The summed E-state index contributed by atoms with van der Waals surface area (Å²) in [6, 6.07) is 9.09. The zero-order chi connectivity index (χ0) is 11.9. The molecule has 3 fully saturated rings. The number of nitrogens with one attached hydrogen (secondary N) is 1. The van der Waals surface area contributed by atoms with Gasteiger partial charge in [-0.15, -0.1) is 0 Å². The van der Waals surface area contributed by atoms with E-state index in [4.69, 9.17) is 4.42 Å². The Labute approximate surface area is 106 Å². The van der Waals surface area contributed by atoms with Crippen molar-refractivity contribution in [3.8, 4) is 0 Å². The Bertz CT molecular complexity index is 524. The Morgan fingerprint density at radius 1 is 1.22 bits per heavy atom. The van der Waals surface area contributed by atoms with Crippen LogP contribution in [0.4, 0.5) is 6.01 Å². The average Bonchev–Trinajstić information content (AvgIpc) is 2.82. The van der Waals surface area contributed by atoms with Gasteiger partial charge in [-0.2, -0.15) is 4.98 Å². The number of benzene rings is 1. The van der Waals surface area contributed by atoms with E-state index in [9.17, 15) is 0 Å². The SMILES string of the molecule is c1ccc2oc(NC3CN4CCC3CC4)nc2c1. The first-order chi connectivity index (χ1) is 8.88. The van der Waals surface area contributed by atoms with Crippen LogP contribution in [0.2, 0.25) is 0 Å². The Kier molecular flexibility index (Phi) is 2.30. The molecule has 3 saturated heterocycles. The van der Waals surface area contributed by atoms with Crippen LogP contribution in [0, 0.1) is 5.92 Å². The highest BCUT2D eigenvalue weighted by molar-refractivity contribution is 5.74. The van der Waals surface area contributed by atoms with Crippen molar-refractivity contribution in [3.63, 3.8) is 0 Å². The Hall–Kier alpha value is -1.55. The highest BCUT2D eigenvalue weighted by atomic mass is 16.4. The Morgan fingerprint density at radius 3 is 2.78 bits per heavy atom. The van der Waals surface area contributed by atoms with Crippen LogP contribution in [0.5, 0.6) is 0 Å². The van der Waals surface area contributed by atoms with E-state index in [1.54, 1.807) is 0 Å². The molecule has 1 N–H and O–H groups in total. The standard InChI is InChI=1S/C14H17N3O/c1-2-4-13-11(3-1)15-14(18-13)16-12-9-17-7-5-10(12)6-8-17/h1-4,10,12H,5-9H2,(H,15,16). The summed E-state index contributed by atoms with van der Waals surface area (Å²) in [5, 5.41) is 3.48. The zero-order valence-corrected chi connectivity index (χ0v) is 10.3. The van der Waals surface area contributed by atoms with E-state index in [2.05, 4.69) is 15.2 Å². The summed E-state index contributed by atoms with van der Waals surface area (Å²) >= 11 is 0. The highest BCUT2D eigenvalue weighted by Gasteiger charge is 2.34. The molecule has 18 heavy (non-hydrogen) atoms. The second-order valence-electron chi connectivity index (χ2n) is 5.38. The fourth-order valence-electron chi connectivity index (χ4n) is 3.22. The van der Waals surface area contributed by atoms with E-state index < -0.39 is 0 Å². The molecule has 0 saturated carbocycles. The van der Waals surface area contributed by atoms with Crippen LogP contribution >= 0.6 is 0 Å². The fourth-order valence-corrected chi connectivity index (χ4v) is 3.22. The first-order valence-corrected chi connectivity index (χ1v) is 6.73. The number of fused-ring (bicyclic) bond motifs is 4. The summed E-state index contributed by atoms with van der Waals surface area (Å²) in [5.41, 5.74) is 1.79. The molecular formula is C14H17N3O. The van der Waals surface area contributed by atoms with Crippen molar-refractivity contribution in [2.24, 2.45) is 5.92 Å². The van der Waals surface area contributed by atoms with Crippen LogP contribution < -0.4 is 5.32 Å². The molecule has 0 spiro atoms. The number of aromatic nitrogens is 1. The summed E-state index contributed by atoms with van der Waals surface area (Å²) in [7, 11) is 0. The third-order valence-electron chi connectivity index (χ3n) is 4.26. The zero-order valence-electron chi connectivity index (χ0n) is 10.3. The Balaban J connectivity index is 1.57. The van der Waals surface area contributed by atoms with Crippen LogP contribution in [-0.4, -0.2) is 35.6 Å².